The smallest absolute Gasteiger partial charge is 0.317 e. The molecule has 0 bridgehead atoms. The Bertz CT molecular complexity index is 676. The molecule has 0 radical (unpaired) electrons. The van der Waals surface area contributed by atoms with Crippen molar-refractivity contribution in [2.24, 2.45) is 5.92 Å². The zero-order valence-corrected chi connectivity index (χ0v) is 16.2. The quantitative estimate of drug-likeness (QED) is 0.855. The molecule has 0 spiro atoms. The van der Waals surface area contributed by atoms with Crippen LogP contribution in [0.15, 0.2) is 18.2 Å². The van der Waals surface area contributed by atoms with Gasteiger partial charge in [0.1, 0.15) is 17.3 Å². The van der Waals surface area contributed by atoms with Gasteiger partial charge in [0, 0.05) is 44.7 Å². The molecule has 1 aromatic rings. The van der Waals surface area contributed by atoms with Crippen LogP contribution in [0.25, 0.3) is 0 Å². The maximum absolute atomic E-state index is 14.0. The number of anilines is 1. The summed E-state index contributed by atoms with van der Waals surface area (Å²) in [6.07, 6.45) is 6.49. The largest absolute Gasteiger partial charge is 0.378 e. The van der Waals surface area contributed by atoms with E-state index in [9.17, 15) is 13.6 Å². The average molecular weight is 393 g/mol. The van der Waals surface area contributed by atoms with Crippen LogP contribution in [0.5, 0.6) is 0 Å². The van der Waals surface area contributed by atoms with Gasteiger partial charge in [0.25, 0.3) is 0 Å². The highest BCUT2D eigenvalue weighted by Crippen LogP contribution is 2.29. The lowest BCUT2D eigenvalue weighted by Gasteiger charge is -2.38. The van der Waals surface area contributed by atoms with Gasteiger partial charge in [-0.25, -0.2) is 13.6 Å². The molecule has 7 heteroatoms. The van der Waals surface area contributed by atoms with Gasteiger partial charge in [-0.15, -0.1) is 0 Å². The number of piperidine rings is 1. The van der Waals surface area contributed by atoms with Crippen LogP contribution in [-0.4, -0.2) is 55.9 Å². The Hall–Kier alpha value is -1.89. The zero-order valence-electron chi connectivity index (χ0n) is 16.2. The molecule has 2 amide bonds. The van der Waals surface area contributed by atoms with Crippen LogP contribution >= 0.6 is 0 Å². The van der Waals surface area contributed by atoms with Gasteiger partial charge in [0.05, 0.1) is 6.10 Å². The molecule has 3 aliphatic heterocycles. The number of benzene rings is 1. The minimum absolute atomic E-state index is 0.00623. The number of nitrogens with zero attached hydrogens (tertiary/aromatic N) is 2. The number of para-hydroxylation sites is 1. The van der Waals surface area contributed by atoms with E-state index in [1.165, 1.54) is 24.6 Å². The van der Waals surface area contributed by atoms with Crippen molar-refractivity contribution in [1.29, 1.82) is 0 Å². The fraction of sp³-hybridized carbons (Fsp3) is 0.667. The fourth-order valence-electron chi connectivity index (χ4n) is 4.77. The summed E-state index contributed by atoms with van der Waals surface area (Å²) in [5.74, 6) is -0.705. The number of rotatable bonds is 3. The molecule has 0 saturated carbocycles. The third-order valence-electron chi connectivity index (χ3n) is 6.26. The summed E-state index contributed by atoms with van der Waals surface area (Å²) in [6, 6.07) is 3.74. The molecule has 3 aliphatic rings. The Kier molecular flexibility index (Phi) is 5.99. The molecular weight excluding hydrogens is 364 g/mol. The first kappa shape index (κ1) is 19.4. The molecule has 3 atom stereocenters. The Morgan fingerprint density at radius 1 is 1.04 bits per heavy atom. The number of urea groups is 1. The second-order valence-corrected chi connectivity index (χ2v) is 8.20. The second-order valence-electron chi connectivity index (χ2n) is 8.20. The van der Waals surface area contributed by atoms with Crippen molar-refractivity contribution >= 4 is 11.7 Å². The molecule has 1 aromatic carbocycles. The SMILES string of the molecule is O=C(NC1CCN(c2c(F)cccc2F)C1)N1CCCC(C2CCCCO2)C1. The molecular formula is C21H29F2N3O2. The highest BCUT2D eigenvalue weighted by Gasteiger charge is 2.33. The summed E-state index contributed by atoms with van der Waals surface area (Å²) in [7, 11) is 0. The monoisotopic (exact) mass is 393 g/mol. The summed E-state index contributed by atoms with van der Waals surface area (Å²) in [4.78, 5) is 16.3. The molecule has 1 N–H and O–H groups in total. The lowest BCUT2D eigenvalue weighted by Crippen LogP contribution is -2.51. The van der Waals surface area contributed by atoms with Crippen molar-refractivity contribution in [2.75, 3.05) is 37.7 Å². The number of hydrogen-bond acceptors (Lipinski definition) is 3. The zero-order chi connectivity index (χ0) is 19.5. The summed E-state index contributed by atoms with van der Waals surface area (Å²) >= 11 is 0. The third kappa shape index (κ3) is 4.24. The second kappa shape index (κ2) is 8.64. The van der Waals surface area contributed by atoms with Crippen molar-refractivity contribution in [2.45, 2.75) is 50.7 Å². The summed E-state index contributed by atoms with van der Waals surface area (Å²) in [5.41, 5.74) is 0.00623. The van der Waals surface area contributed by atoms with Crippen molar-refractivity contribution in [3.63, 3.8) is 0 Å². The van der Waals surface area contributed by atoms with Crippen LogP contribution in [0.4, 0.5) is 19.3 Å². The van der Waals surface area contributed by atoms with E-state index in [0.29, 0.717) is 25.4 Å². The number of amides is 2. The highest BCUT2D eigenvalue weighted by atomic mass is 19.1. The number of carbonyl (C=O) groups is 1. The first-order chi connectivity index (χ1) is 13.6. The summed E-state index contributed by atoms with van der Waals surface area (Å²) in [6.45, 7) is 3.27. The van der Waals surface area contributed by atoms with E-state index < -0.39 is 11.6 Å². The molecule has 3 fully saturated rings. The van der Waals surface area contributed by atoms with Gasteiger partial charge in [-0.2, -0.15) is 0 Å². The van der Waals surface area contributed by atoms with E-state index >= 15 is 0 Å². The number of hydrogen-bond donors (Lipinski definition) is 1. The average Bonchev–Trinajstić information content (AvgIpc) is 3.16. The van der Waals surface area contributed by atoms with Crippen molar-refractivity contribution < 1.29 is 18.3 Å². The van der Waals surface area contributed by atoms with Crippen LogP contribution in [0.2, 0.25) is 0 Å². The lowest BCUT2D eigenvalue weighted by atomic mass is 9.88. The summed E-state index contributed by atoms with van der Waals surface area (Å²) < 4.78 is 34.0. The molecule has 154 valence electrons. The molecule has 0 aliphatic carbocycles. The van der Waals surface area contributed by atoms with Crippen LogP contribution in [-0.2, 0) is 4.74 Å². The van der Waals surface area contributed by atoms with E-state index in [0.717, 1.165) is 45.4 Å². The molecule has 0 aromatic heterocycles. The molecule has 3 unspecified atom stereocenters. The van der Waals surface area contributed by atoms with Gasteiger partial charge < -0.3 is 19.9 Å². The molecule has 3 saturated heterocycles. The fourth-order valence-corrected chi connectivity index (χ4v) is 4.77. The van der Waals surface area contributed by atoms with Crippen LogP contribution < -0.4 is 10.2 Å². The van der Waals surface area contributed by atoms with Crippen molar-refractivity contribution in [3.8, 4) is 0 Å². The number of halogens is 2. The van der Waals surface area contributed by atoms with Crippen molar-refractivity contribution in [1.82, 2.24) is 10.2 Å². The van der Waals surface area contributed by atoms with Gasteiger partial charge in [0.15, 0.2) is 0 Å². The molecule has 4 rings (SSSR count). The van der Waals surface area contributed by atoms with Crippen molar-refractivity contribution in [3.05, 3.63) is 29.8 Å². The molecule has 5 nitrogen and oxygen atoms in total. The van der Waals surface area contributed by atoms with Crippen LogP contribution in [0, 0.1) is 17.6 Å². The minimum atomic E-state index is -0.557. The first-order valence-corrected chi connectivity index (χ1v) is 10.5. The topological polar surface area (TPSA) is 44.8 Å². The van der Waals surface area contributed by atoms with Gasteiger partial charge in [-0.3, -0.25) is 0 Å². The van der Waals surface area contributed by atoms with E-state index in [1.807, 2.05) is 4.90 Å². The standard InChI is InChI=1S/C21H29F2N3O2/c22-17-6-3-7-18(23)20(17)25-11-9-16(14-25)24-21(27)26-10-4-5-15(13-26)19-8-1-2-12-28-19/h3,6-7,15-16,19H,1-2,4-5,8-14H2,(H,24,27). The van der Waals surface area contributed by atoms with Gasteiger partial charge in [-0.05, 0) is 50.7 Å². The third-order valence-corrected chi connectivity index (χ3v) is 6.26. The Labute approximate surface area is 165 Å². The highest BCUT2D eigenvalue weighted by molar-refractivity contribution is 5.75. The number of nitrogens with one attached hydrogen (secondary N) is 1. The predicted octanol–water partition coefficient (Wildman–Crippen LogP) is 3.53. The minimum Gasteiger partial charge on any atom is -0.378 e. The normalized spacial score (nSPS) is 28.4. The van der Waals surface area contributed by atoms with Gasteiger partial charge in [0.2, 0.25) is 0 Å². The first-order valence-electron chi connectivity index (χ1n) is 10.5. The molecule has 28 heavy (non-hydrogen) atoms. The Morgan fingerprint density at radius 3 is 2.61 bits per heavy atom. The van der Waals surface area contributed by atoms with Gasteiger partial charge >= 0.3 is 6.03 Å². The number of carbonyl (C=O) groups excluding carboxylic acids is 1. The lowest BCUT2D eigenvalue weighted by molar-refractivity contribution is -0.0366. The van der Waals surface area contributed by atoms with Crippen LogP contribution in [0.1, 0.15) is 38.5 Å². The van der Waals surface area contributed by atoms with E-state index in [-0.39, 0.29) is 23.9 Å². The summed E-state index contributed by atoms with van der Waals surface area (Å²) in [5, 5.41) is 3.07. The Morgan fingerprint density at radius 2 is 1.86 bits per heavy atom. The van der Waals surface area contributed by atoms with Crippen LogP contribution in [0.3, 0.4) is 0 Å². The maximum atomic E-state index is 14.0. The van der Waals surface area contributed by atoms with Gasteiger partial charge in [-0.1, -0.05) is 6.07 Å². The number of ether oxygens (including phenoxy) is 1. The maximum Gasteiger partial charge on any atom is 0.317 e. The van der Waals surface area contributed by atoms with E-state index in [4.69, 9.17) is 4.74 Å². The van der Waals surface area contributed by atoms with E-state index in [1.54, 1.807) is 4.90 Å². The van der Waals surface area contributed by atoms with E-state index in [2.05, 4.69) is 5.32 Å². The predicted molar refractivity (Wildman–Crippen MR) is 103 cm³/mol. The number of likely N-dealkylation sites (tertiary alicyclic amines) is 1. The Balaban J connectivity index is 1.31. The molecule has 3 heterocycles.